The highest BCUT2D eigenvalue weighted by Gasteiger charge is 2.26. The number of hydrogen-bond acceptors (Lipinski definition) is 4. The number of aromatic nitrogens is 2. The van der Waals surface area contributed by atoms with E-state index in [0.29, 0.717) is 16.5 Å². The van der Waals surface area contributed by atoms with Crippen molar-refractivity contribution < 1.29 is 35.9 Å². The second kappa shape index (κ2) is 10.1. The highest BCUT2D eigenvalue weighted by atomic mass is 79.9. The van der Waals surface area contributed by atoms with E-state index < -0.39 is 47.1 Å². The molecule has 0 atom stereocenters. The van der Waals surface area contributed by atoms with Gasteiger partial charge in [0.05, 0.1) is 17.1 Å². The van der Waals surface area contributed by atoms with Crippen LogP contribution in [0, 0.1) is 29.1 Å². The van der Waals surface area contributed by atoms with Crippen molar-refractivity contribution in [1.29, 1.82) is 0 Å². The van der Waals surface area contributed by atoms with Crippen LogP contribution in [0.3, 0.4) is 0 Å². The maximum Gasteiger partial charge on any atom is 0.292 e. The van der Waals surface area contributed by atoms with Gasteiger partial charge in [-0.05, 0) is 30.3 Å². The van der Waals surface area contributed by atoms with E-state index in [4.69, 9.17) is 20.8 Å². The van der Waals surface area contributed by atoms with Crippen molar-refractivity contribution in [2.75, 3.05) is 5.32 Å². The first kappa shape index (κ1) is 24.7. The van der Waals surface area contributed by atoms with Crippen molar-refractivity contribution in [3.63, 3.8) is 0 Å². The number of amides is 1. The Labute approximate surface area is 207 Å². The SMILES string of the molecule is O=C(Nc1ccn(Cc2c(F)c(F)c(F)c(F)c2F)n1)c1ccc(COc2ccc(Br)cc2Cl)o1. The monoisotopic (exact) mass is 575 g/mol. The van der Waals surface area contributed by atoms with E-state index in [9.17, 15) is 26.7 Å². The molecule has 0 fully saturated rings. The predicted molar refractivity (Wildman–Crippen MR) is 118 cm³/mol. The predicted octanol–water partition coefficient (Wildman–Crippen LogP) is 6.47. The van der Waals surface area contributed by atoms with Crippen LogP contribution >= 0.6 is 27.5 Å². The summed E-state index contributed by atoms with van der Waals surface area (Å²) < 4.78 is 80.4. The molecule has 1 amide bonds. The molecule has 0 spiro atoms. The Hall–Kier alpha value is -3.38. The van der Waals surface area contributed by atoms with Gasteiger partial charge < -0.3 is 14.5 Å². The molecule has 4 rings (SSSR count). The Morgan fingerprint density at radius 1 is 1.03 bits per heavy atom. The number of carbonyl (C=O) groups excluding carboxylic acids is 1. The van der Waals surface area contributed by atoms with Gasteiger partial charge in [0.2, 0.25) is 5.82 Å². The van der Waals surface area contributed by atoms with E-state index in [0.717, 1.165) is 9.15 Å². The van der Waals surface area contributed by atoms with Gasteiger partial charge in [-0.1, -0.05) is 27.5 Å². The first-order valence-corrected chi connectivity index (χ1v) is 10.8. The zero-order chi connectivity index (χ0) is 25.3. The summed E-state index contributed by atoms with van der Waals surface area (Å²) in [6.45, 7) is -0.770. The van der Waals surface area contributed by atoms with Gasteiger partial charge in [0, 0.05) is 16.7 Å². The van der Waals surface area contributed by atoms with Gasteiger partial charge >= 0.3 is 0 Å². The number of nitrogens with zero attached hydrogens (tertiary/aromatic N) is 2. The smallest absolute Gasteiger partial charge is 0.292 e. The molecule has 0 unspecified atom stereocenters. The second-order valence-electron chi connectivity index (χ2n) is 7.03. The van der Waals surface area contributed by atoms with Crippen molar-refractivity contribution >= 4 is 39.3 Å². The van der Waals surface area contributed by atoms with Gasteiger partial charge in [0.25, 0.3) is 5.91 Å². The molecule has 0 aliphatic rings. The Morgan fingerprint density at radius 2 is 1.71 bits per heavy atom. The molecular formula is C22H12BrClF5N3O3. The number of carbonyl (C=O) groups is 1. The summed E-state index contributed by atoms with van der Waals surface area (Å²) in [5, 5.41) is 6.64. The number of nitrogens with one attached hydrogen (secondary N) is 1. The fourth-order valence-corrected chi connectivity index (χ4v) is 3.69. The third kappa shape index (κ3) is 5.33. The molecule has 0 saturated carbocycles. The molecule has 4 aromatic rings. The molecule has 182 valence electrons. The van der Waals surface area contributed by atoms with Crippen LogP contribution in [0.4, 0.5) is 27.8 Å². The molecular weight excluding hydrogens is 565 g/mol. The molecule has 0 aliphatic carbocycles. The zero-order valence-corrected chi connectivity index (χ0v) is 19.6. The minimum absolute atomic E-state index is 0.00875. The summed E-state index contributed by atoms with van der Waals surface area (Å²) in [6, 6.07) is 9.24. The summed E-state index contributed by atoms with van der Waals surface area (Å²) >= 11 is 9.36. The Bertz CT molecular complexity index is 1400. The van der Waals surface area contributed by atoms with Gasteiger partial charge in [0.1, 0.15) is 18.1 Å². The Morgan fingerprint density at radius 3 is 2.40 bits per heavy atom. The lowest BCUT2D eigenvalue weighted by Crippen LogP contribution is -2.13. The number of anilines is 1. The van der Waals surface area contributed by atoms with E-state index in [1.54, 1.807) is 18.2 Å². The van der Waals surface area contributed by atoms with E-state index >= 15 is 0 Å². The van der Waals surface area contributed by atoms with E-state index in [2.05, 4.69) is 26.3 Å². The van der Waals surface area contributed by atoms with Gasteiger partial charge in [-0.15, -0.1) is 0 Å². The van der Waals surface area contributed by atoms with Crippen molar-refractivity contribution in [1.82, 2.24) is 9.78 Å². The molecule has 0 radical (unpaired) electrons. The van der Waals surface area contributed by atoms with Crippen molar-refractivity contribution in [2.45, 2.75) is 13.2 Å². The summed E-state index contributed by atoms with van der Waals surface area (Å²) in [7, 11) is 0. The highest BCUT2D eigenvalue weighted by molar-refractivity contribution is 9.10. The number of halogens is 7. The van der Waals surface area contributed by atoms with Crippen LogP contribution in [0.1, 0.15) is 21.9 Å². The van der Waals surface area contributed by atoms with Gasteiger partial charge in [-0.25, -0.2) is 22.0 Å². The summed E-state index contributed by atoms with van der Waals surface area (Å²) in [4.78, 5) is 12.4. The Kier molecular flexibility index (Phi) is 7.13. The van der Waals surface area contributed by atoms with Gasteiger partial charge in [-0.2, -0.15) is 5.10 Å². The standard InChI is InChI=1S/C22H12BrClF5N3O3/c23-10-1-3-14(13(24)7-10)34-9-11-2-4-15(35-11)22(33)30-16-5-6-32(31-16)8-12-17(25)19(27)21(29)20(28)18(12)26/h1-7H,8-9H2,(H,30,31,33). The lowest BCUT2D eigenvalue weighted by Gasteiger charge is -2.08. The first-order chi connectivity index (χ1) is 16.6. The molecule has 13 heteroatoms. The molecule has 2 aromatic heterocycles. The van der Waals surface area contributed by atoms with Crippen molar-refractivity contribution in [3.05, 3.63) is 98.3 Å². The fourth-order valence-electron chi connectivity index (χ4n) is 2.96. The fraction of sp³-hybridized carbons (Fsp3) is 0.0909. The lowest BCUT2D eigenvalue weighted by atomic mass is 10.1. The highest BCUT2D eigenvalue weighted by Crippen LogP contribution is 2.28. The lowest BCUT2D eigenvalue weighted by molar-refractivity contribution is 0.0992. The van der Waals surface area contributed by atoms with Crippen LogP contribution in [0.5, 0.6) is 5.75 Å². The minimum atomic E-state index is -2.25. The molecule has 35 heavy (non-hydrogen) atoms. The molecule has 0 aliphatic heterocycles. The van der Waals surface area contributed by atoms with Crippen molar-refractivity contribution in [2.24, 2.45) is 0 Å². The molecule has 6 nitrogen and oxygen atoms in total. The van der Waals surface area contributed by atoms with Gasteiger partial charge in [0.15, 0.2) is 34.8 Å². The Balaban J connectivity index is 1.40. The summed E-state index contributed by atoms with van der Waals surface area (Å²) in [5.74, 6) is -10.4. The topological polar surface area (TPSA) is 69.3 Å². The number of ether oxygens (including phenoxy) is 1. The average Bonchev–Trinajstić information content (AvgIpc) is 3.48. The first-order valence-electron chi connectivity index (χ1n) is 9.65. The van der Waals surface area contributed by atoms with Gasteiger partial charge in [-0.3, -0.25) is 9.48 Å². The normalized spacial score (nSPS) is 11.1. The molecule has 0 bridgehead atoms. The van der Waals surface area contributed by atoms with E-state index in [1.807, 2.05) is 0 Å². The number of benzene rings is 2. The maximum absolute atomic E-state index is 13.9. The van der Waals surface area contributed by atoms with Crippen LogP contribution in [0.25, 0.3) is 0 Å². The summed E-state index contributed by atoms with van der Waals surface area (Å²) in [6.07, 6.45) is 1.19. The van der Waals surface area contributed by atoms with E-state index in [1.165, 1.54) is 24.4 Å². The van der Waals surface area contributed by atoms with Crippen LogP contribution in [-0.2, 0) is 13.2 Å². The maximum atomic E-state index is 13.9. The van der Waals surface area contributed by atoms with Crippen LogP contribution in [-0.4, -0.2) is 15.7 Å². The molecule has 0 saturated heterocycles. The van der Waals surface area contributed by atoms with Crippen LogP contribution < -0.4 is 10.1 Å². The quantitative estimate of drug-likeness (QED) is 0.156. The largest absolute Gasteiger partial charge is 0.484 e. The minimum Gasteiger partial charge on any atom is -0.484 e. The zero-order valence-electron chi connectivity index (χ0n) is 17.2. The number of furan rings is 1. The number of rotatable bonds is 7. The third-order valence-corrected chi connectivity index (χ3v) is 5.44. The third-order valence-electron chi connectivity index (χ3n) is 4.65. The molecule has 2 heterocycles. The average molecular weight is 577 g/mol. The molecule has 1 N–H and O–H groups in total. The second-order valence-corrected chi connectivity index (χ2v) is 8.35. The van der Waals surface area contributed by atoms with Crippen molar-refractivity contribution in [3.8, 4) is 5.75 Å². The van der Waals surface area contributed by atoms with E-state index in [-0.39, 0.29) is 18.2 Å². The van der Waals surface area contributed by atoms with Crippen LogP contribution in [0.15, 0.2) is 51.5 Å². The molecule has 2 aromatic carbocycles. The summed E-state index contributed by atoms with van der Waals surface area (Å²) in [5.41, 5.74) is -1.07. The number of hydrogen-bond donors (Lipinski definition) is 1. The van der Waals surface area contributed by atoms with Crippen LogP contribution in [0.2, 0.25) is 5.02 Å².